The van der Waals surface area contributed by atoms with Crippen LogP contribution in [0.15, 0.2) is 20.0 Å². The summed E-state index contributed by atoms with van der Waals surface area (Å²) in [5, 5.41) is 18.2. The Kier molecular flexibility index (Phi) is 4.24. The molecule has 0 aliphatic heterocycles. The minimum Gasteiger partial charge on any atom is -0.475 e. The minimum atomic E-state index is -3.97. The van der Waals surface area contributed by atoms with Crippen LogP contribution in [0.5, 0.6) is 0 Å². The molecule has 1 fully saturated rings. The second-order valence-corrected chi connectivity index (χ2v) is 7.18. The lowest BCUT2D eigenvalue weighted by atomic mass is 10.0. The Labute approximate surface area is 124 Å². The van der Waals surface area contributed by atoms with Crippen LogP contribution in [0, 0.1) is 0 Å². The monoisotopic (exact) mass is 367 g/mol. The second kappa shape index (κ2) is 5.47. The molecule has 0 spiro atoms. The highest BCUT2D eigenvalue weighted by Gasteiger charge is 2.39. The predicted octanol–water partition coefficient (Wildman–Crippen LogP) is 1.32. The molecular formula is C11H14BrNO6S. The van der Waals surface area contributed by atoms with E-state index in [1.165, 1.54) is 0 Å². The molecule has 0 amide bonds. The number of aliphatic hydroxyl groups excluding tert-OH is 1. The molecule has 0 saturated heterocycles. The summed E-state index contributed by atoms with van der Waals surface area (Å²) in [6, 6.07) is 0.939. The Bertz CT molecular complexity index is 617. The van der Waals surface area contributed by atoms with Crippen LogP contribution < -0.4 is 4.72 Å². The van der Waals surface area contributed by atoms with Gasteiger partial charge in [-0.15, -0.1) is 0 Å². The number of carboxylic acid groups (broad SMARTS) is 1. The lowest BCUT2D eigenvalue weighted by molar-refractivity contribution is 0.0661. The van der Waals surface area contributed by atoms with Crippen LogP contribution >= 0.6 is 15.9 Å². The SMILES string of the molecule is O=C(O)c1cc(S(=O)(=O)NC2(CO)CCCC2)c(Br)o1. The van der Waals surface area contributed by atoms with E-state index in [0.717, 1.165) is 18.9 Å². The molecule has 1 aliphatic rings. The zero-order valence-electron chi connectivity index (χ0n) is 10.4. The van der Waals surface area contributed by atoms with Crippen molar-refractivity contribution < 1.29 is 27.8 Å². The summed E-state index contributed by atoms with van der Waals surface area (Å²) in [5.41, 5.74) is -0.876. The molecule has 1 aromatic rings. The quantitative estimate of drug-likeness (QED) is 0.722. The van der Waals surface area contributed by atoms with Gasteiger partial charge >= 0.3 is 5.97 Å². The molecule has 3 N–H and O–H groups in total. The molecule has 20 heavy (non-hydrogen) atoms. The molecular weight excluding hydrogens is 354 g/mol. The highest BCUT2D eigenvalue weighted by molar-refractivity contribution is 9.10. The first kappa shape index (κ1) is 15.5. The highest BCUT2D eigenvalue weighted by Crippen LogP contribution is 2.33. The van der Waals surface area contributed by atoms with Crippen LogP contribution in [0.3, 0.4) is 0 Å². The van der Waals surface area contributed by atoms with E-state index in [4.69, 9.17) is 9.52 Å². The fourth-order valence-electron chi connectivity index (χ4n) is 2.32. The first-order valence-corrected chi connectivity index (χ1v) is 8.25. The minimum absolute atomic E-state index is 0.173. The molecule has 7 nitrogen and oxygen atoms in total. The summed E-state index contributed by atoms with van der Waals surface area (Å²) in [6.07, 6.45) is 2.75. The van der Waals surface area contributed by atoms with Gasteiger partial charge in [-0.05, 0) is 28.8 Å². The Hall–Kier alpha value is -0.900. The van der Waals surface area contributed by atoms with E-state index >= 15 is 0 Å². The zero-order valence-corrected chi connectivity index (χ0v) is 12.8. The van der Waals surface area contributed by atoms with Gasteiger partial charge in [0, 0.05) is 6.07 Å². The van der Waals surface area contributed by atoms with E-state index in [9.17, 15) is 18.3 Å². The predicted molar refractivity (Wildman–Crippen MR) is 72.0 cm³/mol. The first-order chi connectivity index (χ1) is 9.30. The summed E-state index contributed by atoms with van der Waals surface area (Å²) in [4.78, 5) is 10.5. The topological polar surface area (TPSA) is 117 Å². The van der Waals surface area contributed by atoms with Gasteiger partial charge in [0.15, 0.2) is 4.67 Å². The Morgan fingerprint density at radius 1 is 1.45 bits per heavy atom. The van der Waals surface area contributed by atoms with Gasteiger partial charge in [0.2, 0.25) is 15.8 Å². The first-order valence-electron chi connectivity index (χ1n) is 5.97. The van der Waals surface area contributed by atoms with Gasteiger partial charge in [0.1, 0.15) is 4.90 Å². The van der Waals surface area contributed by atoms with Gasteiger partial charge in [0.05, 0.1) is 12.1 Å². The standard InChI is InChI=1S/C11H14BrNO6S/c12-9-8(5-7(19-9)10(15)16)20(17,18)13-11(6-14)3-1-2-4-11/h5,13-14H,1-4,6H2,(H,15,16). The van der Waals surface area contributed by atoms with Crippen LogP contribution in [-0.2, 0) is 10.0 Å². The number of hydrogen-bond acceptors (Lipinski definition) is 5. The van der Waals surface area contributed by atoms with Gasteiger partial charge in [-0.3, -0.25) is 0 Å². The smallest absolute Gasteiger partial charge is 0.371 e. The molecule has 0 unspecified atom stereocenters. The van der Waals surface area contributed by atoms with E-state index in [-0.39, 0.29) is 16.2 Å². The van der Waals surface area contributed by atoms with E-state index in [0.29, 0.717) is 12.8 Å². The average molecular weight is 368 g/mol. The van der Waals surface area contributed by atoms with Crippen molar-refractivity contribution in [3.8, 4) is 0 Å². The fourth-order valence-corrected chi connectivity index (χ4v) is 4.72. The van der Waals surface area contributed by atoms with E-state index in [1.807, 2.05) is 0 Å². The van der Waals surface area contributed by atoms with Crippen molar-refractivity contribution in [3.63, 3.8) is 0 Å². The van der Waals surface area contributed by atoms with Gasteiger partial charge < -0.3 is 14.6 Å². The number of halogens is 1. The van der Waals surface area contributed by atoms with Crippen LogP contribution in [0.25, 0.3) is 0 Å². The third-order valence-corrected chi connectivity index (χ3v) is 5.81. The van der Waals surface area contributed by atoms with Gasteiger partial charge in [-0.1, -0.05) is 12.8 Å². The number of nitrogens with one attached hydrogen (secondary N) is 1. The van der Waals surface area contributed by atoms with Crippen molar-refractivity contribution in [2.24, 2.45) is 0 Å². The molecule has 112 valence electrons. The number of aromatic carboxylic acids is 1. The lowest BCUT2D eigenvalue weighted by Crippen LogP contribution is -2.49. The number of furan rings is 1. The van der Waals surface area contributed by atoms with Crippen LogP contribution in [0.2, 0.25) is 0 Å². The van der Waals surface area contributed by atoms with Crippen molar-refractivity contribution in [1.82, 2.24) is 4.72 Å². The molecule has 1 saturated carbocycles. The maximum absolute atomic E-state index is 12.3. The fraction of sp³-hybridized carbons (Fsp3) is 0.545. The lowest BCUT2D eigenvalue weighted by Gasteiger charge is -2.27. The van der Waals surface area contributed by atoms with Crippen molar-refractivity contribution in [2.45, 2.75) is 36.1 Å². The van der Waals surface area contributed by atoms with Gasteiger partial charge in [-0.2, -0.15) is 0 Å². The Morgan fingerprint density at radius 3 is 2.50 bits per heavy atom. The third kappa shape index (κ3) is 2.90. The zero-order chi connectivity index (χ0) is 15.0. The molecule has 0 bridgehead atoms. The van der Waals surface area contributed by atoms with Crippen LogP contribution in [0.1, 0.15) is 36.2 Å². The average Bonchev–Trinajstić information content (AvgIpc) is 2.96. The second-order valence-electron chi connectivity index (χ2n) is 4.80. The van der Waals surface area contributed by atoms with Crippen molar-refractivity contribution in [3.05, 3.63) is 16.5 Å². The Balaban J connectivity index is 2.33. The molecule has 1 aliphatic carbocycles. The van der Waals surface area contributed by atoms with E-state index in [2.05, 4.69) is 20.7 Å². The molecule has 9 heteroatoms. The summed E-state index contributed by atoms with van der Waals surface area (Å²) >= 11 is 2.90. The number of carboxylic acids is 1. The highest BCUT2D eigenvalue weighted by atomic mass is 79.9. The van der Waals surface area contributed by atoms with Gasteiger partial charge in [0.25, 0.3) is 0 Å². The number of hydrogen-bond donors (Lipinski definition) is 3. The van der Waals surface area contributed by atoms with E-state index < -0.39 is 27.3 Å². The van der Waals surface area contributed by atoms with Gasteiger partial charge in [-0.25, -0.2) is 17.9 Å². The summed E-state index contributed by atoms with van der Waals surface area (Å²) in [7, 11) is -3.97. The molecule has 2 rings (SSSR count). The van der Waals surface area contributed by atoms with Crippen molar-refractivity contribution in [2.75, 3.05) is 6.61 Å². The van der Waals surface area contributed by atoms with Crippen LogP contribution in [-0.4, -0.2) is 36.7 Å². The molecule has 0 aromatic carbocycles. The molecule has 0 atom stereocenters. The summed E-state index contributed by atoms with van der Waals surface area (Å²) in [6.45, 7) is -0.298. The van der Waals surface area contributed by atoms with Crippen molar-refractivity contribution >= 4 is 31.9 Å². The normalized spacial score (nSPS) is 18.3. The van der Waals surface area contributed by atoms with Crippen molar-refractivity contribution in [1.29, 1.82) is 0 Å². The maximum atomic E-state index is 12.3. The maximum Gasteiger partial charge on any atom is 0.371 e. The summed E-state index contributed by atoms with van der Waals surface area (Å²) < 4.78 is 31.7. The third-order valence-electron chi connectivity index (χ3n) is 3.37. The number of aliphatic hydroxyl groups is 1. The number of sulfonamides is 1. The van der Waals surface area contributed by atoms with Crippen LogP contribution in [0.4, 0.5) is 0 Å². The largest absolute Gasteiger partial charge is 0.475 e. The number of carbonyl (C=O) groups is 1. The molecule has 1 aromatic heterocycles. The Morgan fingerprint density at radius 2 is 2.05 bits per heavy atom. The van der Waals surface area contributed by atoms with E-state index in [1.54, 1.807) is 0 Å². The number of rotatable bonds is 5. The summed E-state index contributed by atoms with van der Waals surface area (Å²) in [5.74, 6) is -1.83. The molecule has 1 heterocycles. The molecule has 0 radical (unpaired) electrons.